The number of hydrogen-bond donors (Lipinski definition) is 1. The van der Waals surface area contributed by atoms with Gasteiger partial charge in [0.05, 0.1) is 7.11 Å². The average Bonchev–Trinajstić information content (AvgIpc) is 2.27. The number of hydrogen-bond acceptors (Lipinski definition) is 5. The van der Waals surface area contributed by atoms with Crippen LogP contribution in [0.1, 0.15) is 19.2 Å². The summed E-state index contributed by atoms with van der Waals surface area (Å²) < 4.78 is 5.04. The summed E-state index contributed by atoms with van der Waals surface area (Å²) in [6.45, 7) is 4.29. The third kappa shape index (κ3) is 3.90. The van der Waals surface area contributed by atoms with Gasteiger partial charge in [-0.25, -0.2) is 4.98 Å². The second kappa shape index (κ2) is 6.03. The smallest absolute Gasteiger partial charge is 0.323 e. The van der Waals surface area contributed by atoms with E-state index in [-0.39, 0.29) is 6.54 Å². The molecule has 17 heavy (non-hydrogen) atoms. The molecule has 1 aromatic rings. The van der Waals surface area contributed by atoms with Crippen molar-refractivity contribution in [1.29, 1.82) is 0 Å². The van der Waals surface area contributed by atoms with Gasteiger partial charge < -0.3 is 14.7 Å². The van der Waals surface area contributed by atoms with Crippen molar-refractivity contribution in [3.63, 3.8) is 0 Å². The molecule has 0 aromatic carbocycles. The monoisotopic (exact) mass is 239 g/mol. The minimum absolute atomic E-state index is 0.0759. The molecule has 0 amide bonds. The van der Waals surface area contributed by atoms with Gasteiger partial charge in [0, 0.05) is 12.6 Å². The number of carboxylic acid groups (broad SMARTS) is 1. The van der Waals surface area contributed by atoms with Gasteiger partial charge in [0.15, 0.2) is 0 Å². The summed E-state index contributed by atoms with van der Waals surface area (Å²) >= 11 is 0. The number of nitrogens with zero attached hydrogens (tertiary/aromatic N) is 3. The predicted molar refractivity (Wildman–Crippen MR) is 63.5 cm³/mol. The Kier molecular flexibility index (Phi) is 4.68. The molecule has 0 radical (unpaired) electrons. The first kappa shape index (κ1) is 13.2. The zero-order chi connectivity index (χ0) is 12.8. The van der Waals surface area contributed by atoms with Crippen molar-refractivity contribution >= 4 is 11.8 Å². The molecule has 0 fully saturated rings. The summed E-state index contributed by atoms with van der Waals surface area (Å²) in [7, 11) is 1.52. The van der Waals surface area contributed by atoms with E-state index in [0.717, 1.165) is 6.42 Å². The number of aromatic nitrogens is 2. The Morgan fingerprint density at radius 3 is 2.76 bits per heavy atom. The van der Waals surface area contributed by atoms with E-state index in [9.17, 15) is 4.79 Å². The first-order chi connectivity index (χ1) is 8.06. The topological polar surface area (TPSA) is 75.6 Å². The summed E-state index contributed by atoms with van der Waals surface area (Å²) in [6.07, 6.45) is 0.846. The Bertz CT molecular complexity index is 396. The lowest BCUT2D eigenvalue weighted by atomic mass is 10.3. The molecule has 0 aliphatic rings. The molecule has 0 aliphatic carbocycles. The van der Waals surface area contributed by atoms with Crippen molar-refractivity contribution < 1.29 is 14.6 Å². The average molecular weight is 239 g/mol. The molecule has 0 atom stereocenters. The maximum atomic E-state index is 10.8. The van der Waals surface area contributed by atoms with Crippen molar-refractivity contribution in [1.82, 2.24) is 9.97 Å². The first-order valence-corrected chi connectivity index (χ1v) is 5.43. The van der Waals surface area contributed by atoms with E-state index in [0.29, 0.717) is 24.1 Å². The molecule has 6 nitrogen and oxygen atoms in total. The molecule has 6 heteroatoms. The second-order valence-corrected chi connectivity index (χ2v) is 3.63. The summed E-state index contributed by atoms with van der Waals surface area (Å²) in [5.74, 6) is 0.706. The Morgan fingerprint density at radius 2 is 2.24 bits per heavy atom. The van der Waals surface area contributed by atoms with Crippen LogP contribution >= 0.6 is 0 Å². The highest BCUT2D eigenvalue weighted by atomic mass is 16.5. The summed E-state index contributed by atoms with van der Waals surface area (Å²) in [5, 5.41) is 8.85. The molecular formula is C11H17N3O3. The molecular weight excluding hydrogens is 222 g/mol. The zero-order valence-electron chi connectivity index (χ0n) is 10.3. The number of methoxy groups -OCH3 is 1. The number of anilines is 1. The van der Waals surface area contributed by atoms with Gasteiger partial charge in [-0.2, -0.15) is 4.98 Å². The van der Waals surface area contributed by atoms with Crippen molar-refractivity contribution in [2.75, 3.05) is 25.1 Å². The Morgan fingerprint density at radius 1 is 1.53 bits per heavy atom. The van der Waals surface area contributed by atoms with E-state index in [2.05, 4.69) is 9.97 Å². The van der Waals surface area contributed by atoms with Gasteiger partial charge in [-0.3, -0.25) is 4.79 Å². The summed E-state index contributed by atoms with van der Waals surface area (Å²) in [6, 6.07) is 1.64. The predicted octanol–water partition coefficient (Wildman–Crippen LogP) is 1.09. The molecule has 1 rings (SSSR count). The number of aryl methyl sites for hydroxylation is 1. The van der Waals surface area contributed by atoms with Crippen LogP contribution in [0.3, 0.4) is 0 Å². The SMILES string of the molecule is CCCN(CC(=O)O)c1cc(OC)nc(C)n1. The Balaban J connectivity index is 2.99. The van der Waals surface area contributed by atoms with E-state index in [1.54, 1.807) is 17.9 Å². The molecule has 1 aromatic heterocycles. The minimum Gasteiger partial charge on any atom is -0.481 e. The summed E-state index contributed by atoms with van der Waals surface area (Å²) in [4.78, 5) is 20.8. The molecule has 1 N–H and O–H groups in total. The Hall–Kier alpha value is -1.85. The van der Waals surface area contributed by atoms with Gasteiger partial charge in [0.25, 0.3) is 0 Å². The van der Waals surface area contributed by atoms with Gasteiger partial charge >= 0.3 is 5.97 Å². The highest BCUT2D eigenvalue weighted by Crippen LogP contribution is 2.17. The van der Waals surface area contributed by atoms with Crippen LogP contribution in [0.4, 0.5) is 5.82 Å². The van der Waals surface area contributed by atoms with Crippen LogP contribution in [0.5, 0.6) is 5.88 Å². The van der Waals surface area contributed by atoms with E-state index >= 15 is 0 Å². The van der Waals surface area contributed by atoms with Crippen LogP contribution in [-0.2, 0) is 4.79 Å². The standard InChI is InChI=1S/C11H17N3O3/c1-4-5-14(7-11(15)16)9-6-10(17-3)13-8(2)12-9/h6H,4-5,7H2,1-3H3,(H,15,16). The molecule has 0 spiro atoms. The molecule has 94 valence electrons. The van der Waals surface area contributed by atoms with Crippen LogP contribution < -0.4 is 9.64 Å². The lowest BCUT2D eigenvalue weighted by Gasteiger charge is -2.21. The number of aliphatic carboxylic acids is 1. The molecule has 0 aliphatic heterocycles. The molecule has 0 saturated heterocycles. The lowest BCUT2D eigenvalue weighted by Crippen LogP contribution is -2.31. The van der Waals surface area contributed by atoms with E-state index < -0.39 is 5.97 Å². The number of rotatable bonds is 6. The van der Waals surface area contributed by atoms with Crippen molar-refractivity contribution in [2.24, 2.45) is 0 Å². The first-order valence-electron chi connectivity index (χ1n) is 5.43. The lowest BCUT2D eigenvalue weighted by molar-refractivity contribution is -0.135. The van der Waals surface area contributed by atoms with Crippen LogP contribution in [0.15, 0.2) is 6.07 Å². The van der Waals surface area contributed by atoms with Crippen molar-refractivity contribution in [2.45, 2.75) is 20.3 Å². The van der Waals surface area contributed by atoms with E-state index in [1.165, 1.54) is 7.11 Å². The van der Waals surface area contributed by atoms with Crippen LogP contribution in [0.25, 0.3) is 0 Å². The van der Waals surface area contributed by atoms with E-state index in [4.69, 9.17) is 9.84 Å². The van der Waals surface area contributed by atoms with Gasteiger partial charge in [-0.1, -0.05) is 6.92 Å². The van der Waals surface area contributed by atoms with Crippen molar-refractivity contribution in [3.8, 4) is 5.88 Å². The van der Waals surface area contributed by atoms with Crippen LogP contribution in [-0.4, -0.2) is 41.2 Å². The normalized spacial score (nSPS) is 10.1. The highest BCUT2D eigenvalue weighted by Gasteiger charge is 2.13. The van der Waals surface area contributed by atoms with Gasteiger partial charge in [-0.15, -0.1) is 0 Å². The maximum absolute atomic E-state index is 10.8. The number of carbonyl (C=O) groups is 1. The molecule has 0 saturated carbocycles. The maximum Gasteiger partial charge on any atom is 0.323 e. The molecule has 1 heterocycles. The third-order valence-corrected chi connectivity index (χ3v) is 2.15. The number of carboxylic acids is 1. The Labute approximate surface area is 100 Å². The fraction of sp³-hybridized carbons (Fsp3) is 0.545. The van der Waals surface area contributed by atoms with E-state index in [1.807, 2.05) is 6.92 Å². The highest BCUT2D eigenvalue weighted by molar-refractivity contribution is 5.73. The van der Waals surface area contributed by atoms with Gasteiger partial charge in [-0.05, 0) is 13.3 Å². The minimum atomic E-state index is -0.881. The number of ether oxygens (including phenoxy) is 1. The quantitative estimate of drug-likeness (QED) is 0.801. The fourth-order valence-electron chi connectivity index (χ4n) is 1.50. The second-order valence-electron chi connectivity index (χ2n) is 3.63. The molecule has 0 unspecified atom stereocenters. The summed E-state index contributed by atoms with van der Waals surface area (Å²) in [5.41, 5.74) is 0. The largest absolute Gasteiger partial charge is 0.481 e. The third-order valence-electron chi connectivity index (χ3n) is 2.15. The zero-order valence-corrected chi connectivity index (χ0v) is 10.3. The van der Waals surface area contributed by atoms with Gasteiger partial charge in [0.2, 0.25) is 5.88 Å². The fourth-order valence-corrected chi connectivity index (χ4v) is 1.50. The molecule has 0 bridgehead atoms. The van der Waals surface area contributed by atoms with Gasteiger partial charge in [0.1, 0.15) is 18.2 Å². The van der Waals surface area contributed by atoms with Crippen LogP contribution in [0.2, 0.25) is 0 Å². The van der Waals surface area contributed by atoms with Crippen LogP contribution in [0, 0.1) is 6.92 Å². The van der Waals surface area contributed by atoms with Crippen molar-refractivity contribution in [3.05, 3.63) is 11.9 Å².